The highest BCUT2D eigenvalue weighted by molar-refractivity contribution is 7.38. The summed E-state index contributed by atoms with van der Waals surface area (Å²) in [5.41, 5.74) is 1.33. The van der Waals surface area contributed by atoms with Crippen LogP contribution in [0.5, 0.6) is 5.75 Å². The van der Waals surface area contributed by atoms with Crippen LogP contribution in [0.4, 0.5) is 0 Å². The summed E-state index contributed by atoms with van der Waals surface area (Å²) in [6, 6.07) is 8.43. The molecule has 4 N–H and O–H groups in total. The molecule has 2 atom stereocenters. The second kappa shape index (κ2) is 9.17. The maximum absolute atomic E-state index is 10.5. The van der Waals surface area contributed by atoms with Crippen LogP contribution >= 0.6 is 8.03 Å². The molecule has 0 spiro atoms. The van der Waals surface area contributed by atoms with E-state index >= 15 is 0 Å². The van der Waals surface area contributed by atoms with E-state index in [0.717, 1.165) is 0 Å². The van der Waals surface area contributed by atoms with Crippen LogP contribution in [0.1, 0.15) is 33.0 Å². The third-order valence-corrected chi connectivity index (χ3v) is 3.80. The molecular formula is C15H18NO6P. The Balaban J connectivity index is 0.000000231. The van der Waals surface area contributed by atoms with Crippen LogP contribution in [-0.4, -0.2) is 31.5 Å². The summed E-state index contributed by atoms with van der Waals surface area (Å²) in [7, 11) is -2.86. The molecule has 0 saturated carbocycles. The number of carbonyl (C=O) groups excluding carboxylic acids is 1. The van der Waals surface area contributed by atoms with E-state index in [-0.39, 0.29) is 17.9 Å². The lowest BCUT2D eigenvalue weighted by molar-refractivity contribution is 0.111. The van der Waals surface area contributed by atoms with E-state index in [9.17, 15) is 14.5 Å². The number of aldehydes is 1. The van der Waals surface area contributed by atoms with Crippen LogP contribution in [0.25, 0.3) is 0 Å². The number of rotatable bonds is 4. The molecule has 0 saturated heterocycles. The quantitative estimate of drug-likeness (QED) is 0.491. The third kappa shape index (κ3) is 5.26. The number of hydrogen-bond donors (Lipinski definition) is 4. The van der Waals surface area contributed by atoms with Gasteiger partial charge in [-0.1, -0.05) is 30.3 Å². The minimum atomic E-state index is -2.86. The Morgan fingerprint density at radius 3 is 2.39 bits per heavy atom. The van der Waals surface area contributed by atoms with Crippen LogP contribution in [0.3, 0.4) is 0 Å². The molecule has 2 aromatic rings. The van der Waals surface area contributed by atoms with Crippen molar-refractivity contribution in [2.75, 3.05) is 0 Å². The van der Waals surface area contributed by atoms with Crippen LogP contribution < -0.4 is 0 Å². The van der Waals surface area contributed by atoms with Gasteiger partial charge in [-0.2, -0.15) is 0 Å². The number of aromatic hydroxyl groups is 1. The molecule has 2 unspecified atom stereocenters. The molecule has 2 rings (SSSR count). The third-order valence-electron chi connectivity index (χ3n) is 3.00. The summed E-state index contributed by atoms with van der Waals surface area (Å²) in [4.78, 5) is 22.8. The average molecular weight is 339 g/mol. The number of aryl methyl sites for hydroxylation is 1. The predicted molar refractivity (Wildman–Crippen MR) is 84.6 cm³/mol. The normalized spacial score (nSPS) is 12.7. The first-order chi connectivity index (χ1) is 10.9. The number of aliphatic hydroxyl groups excluding tert-OH is 2. The Morgan fingerprint density at radius 2 is 1.91 bits per heavy atom. The number of aliphatic hydroxyl groups is 2. The zero-order valence-electron chi connectivity index (χ0n) is 12.4. The fraction of sp³-hybridized carbons (Fsp3) is 0.200. The molecule has 8 heteroatoms. The van der Waals surface area contributed by atoms with Crippen molar-refractivity contribution < 1.29 is 29.6 Å². The van der Waals surface area contributed by atoms with Gasteiger partial charge in [0, 0.05) is 11.8 Å². The molecule has 0 aliphatic carbocycles. The first-order valence-electron chi connectivity index (χ1n) is 6.61. The van der Waals surface area contributed by atoms with Gasteiger partial charge in [0.2, 0.25) is 8.03 Å². The lowest BCUT2D eigenvalue weighted by Gasteiger charge is -2.04. The minimum Gasteiger partial charge on any atom is -0.505 e. The zero-order valence-corrected chi connectivity index (χ0v) is 13.4. The van der Waals surface area contributed by atoms with Crippen LogP contribution in [0, 0.1) is 6.92 Å². The second-order valence-corrected chi connectivity index (χ2v) is 5.78. The highest BCUT2D eigenvalue weighted by Crippen LogP contribution is 2.34. The Hall–Kier alpha value is -2.05. The fourth-order valence-corrected chi connectivity index (χ4v) is 2.17. The van der Waals surface area contributed by atoms with Crippen LogP contribution in [0.15, 0.2) is 36.5 Å². The fourth-order valence-electron chi connectivity index (χ4n) is 1.69. The molecule has 1 aromatic heterocycles. The van der Waals surface area contributed by atoms with Crippen molar-refractivity contribution in [2.45, 2.75) is 19.4 Å². The standard InChI is InChI=1S/C8H9NO3.C7H9O3P/c1-5-8(12)7(4-11)6(3-10)2-9-5;8-7(11(9)10)6-4-2-1-3-5-6/h2,4,10,12H,3H2,1H3;1-5,7-8,11H,(H,9,10). The number of hydrogen-bond acceptors (Lipinski definition) is 6. The summed E-state index contributed by atoms with van der Waals surface area (Å²) >= 11 is 0. The number of nitrogens with zero attached hydrogens (tertiary/aromatic N) is 1. The van der Waals surface area contributed by atoms with Gasteiger partial charge in [0.05, 0.1) is 17.9 Å². The van der Waals surface area contributed by atoms with Crippen molar-refractivity contribution in [1.82, 2.24) is 4.98 Å². The minimum absolute atomic E-state index is 0.116. The van der Waals surface area contributed by atoms with Crippen molar-refractivity contribution in [1.29, 1.82) is 0 Å². The Labute approximate surface area is 133 Å². The predicted octanol–water partition coefficient (Wildman–Crippen LogP) is 1.54. The SMILES string of the molecule is Cc1ncc(CO)c(C=O)c1O.O=[PH](O)C(O)c1ccccc1. The molecule has 0 radical (unpaired) electrons. The summed E-state index contributed by atoms with van der Waals surface area (Å²) < 4.78 is 10.4. The molecule has 0 fully saturated rings. The lowest BCUT2D eigenvalue weighted by Crippen LogP contribution is -1.96. The average Bonchev–Trinajstić information content (AvgIpc) is 2.57. The van der Waals surface area contributed by atoms with E-state index in [4.69, 9.17) is 15.1 Å². The van der Waals surface area contributed by atoms with Crippen molar-refractivity contribution >= 4 is 14.3 Å². The van der Waals surface area contributed by atoms with Gasteiger partial charge in [-0.25, -0.2) is 0 Å². The Morgan fingerprint density at radius 1 is 1.30 bits per heavy atom. The number of benzene rings is 1. The summed E-state index contributed by atoms with van der Waals surface area (Å²) in [5.74, 6) is -1.38. The van der Waals surface area contributed by atoms with Crippen LogP contribution in [0.2, 0.25) is 0 Å². The molecule has 0 aliphatic heterocycles. The first kappa shape index (κ1) is 19.0. The van der Waals surface area contributed by atoms with E-state index < -0.39 is 13.9 Å². The monoisotopic (exact) mass is 339 g/mol. The van der Waals surface area contributed by atoms with Crippen molar-refractivity contribution in [3.8, 4) is 5.75 Å². The molecule has 124 valence electrons. The van der Waals surface area contributed by atoms with Crippen molar-refractivity contribution in [3.05, 3.63) is 58.9 Å². The largest absolute Gasteiger partial charge is 0.505 e. The highest BCUT2D eigenvalue weighted by atomic mass is 31.1. The topological polar surface area (TPSA) is 128 Å². The van der Waals surface area contributed by atoms with Crippen molar-refractivity contribution in [3.63, 3.8) is 0 Å². The van der Waals surface area contributed by atoms with E-state index in [1.165, 1.54) is 6.20 Å². The number of pyridine rings is 1. The highest BCUT2D eigenvalue weighted by Gasteiger charge is 2.11. The summed E-state index contributed by atoms with van der Waals surface area (Å²) in [6.07, 6.45) is 1.88. The molecule has 1 aromatic carbocycles. The molecule has 0 aliphatic rings. The zero-order chi connectivity index (χ0) is 17.4. The van der Waals surface area contributed by atoms with Gasteiger partial charge >= 0.3 is 0 Å². The van der Waals surface area contributed by atoms with E-state index in [0.29, 0.717) is 23.1 Å². The smallest absolute Gasteiger partial charge is 0.221 e. The molecule has 23 heavy (non-hydrogen) atoms. The second-order valence-electron chi connectivity index (χ2n) is 4.56. The summed E-state index contributed by atoms with van der Waals surface area (Å²) in [5, 5.41) is 27.1. The van der Waals surface area contributed by atoms with Gasteiger partial charge in [-0.05, 0) is 12.5 Å². The van der Waals surface area contributed by atoms with E-state index in [1.807, 2.05) is 0 Å². The Kier molecular flexibility index (Phi) is 7.57. The van der Waals surface area contributed by atoms with Gasteiger partial charge in [0.15, 0.2) is 12.1 Å². The van der Waals surface area contributed by atoms with Gasteiger partial charge < -0.3 is 20.2 Å². The molecule has 0 amide bonds. The Bertz CT molecular complexity index is 677. The molecule has 1 heterocycles. The maximum Gasteiger partial charge on any atom is 0.221 e. The molecular weight excluding hydrogens is 321 g/mol. The van der Waals surface area contributed by atoms with E-state index in [1.54, 1.807) is 37.3 Å². The number of carbonyl (C=O) groups is 1. The molecule has 7 nitrogen and oxygen atoms in total. The van der Waals surface area contributed by atoms with Crippen LogP contribution in [-0.2, 0) is 11.2 Å². The van der Waals surface area contributed by atoms with E-state index in [2.05, 4.69) is 4.98 Å². The van der Waals surface area contributed by atoms with Crippen molar-refractivity contribution in [2.24, 2.45) is 0 Å². The summed E-state index contributed by atoms with van der Waals surface area (Å²) in [6.45, 7) is 1.29. The van der Waals surface area contributed by atoms with Gasteiger partial charge in [-0.15, -0.1) is 0 Å². The number of aromatic nitrogens is 1. The molecule has 0 bridgehead atoms. The van der Waals surface area contributed by atoms with Gasteiger partial charge in [0.1, 0.15) is 5.75 Å². The first-order valence-corrected chi connectivity index (χ1v) is 8.05. The maximum atomic E-state index is 10.5. The van der Waals surface area contributed by atoms with Gasteiger partial charge in [-0.3, -0.25) is 14.3 Å². The lowest BCUT2D eigenvalue weighted by atomic mass is 10.1. The van der Waals surface area contributed by atoms with Gasteiger partial charge in [0.25, 0.3) is 0 Å².